The lowest BCUT2D eigenvalue weighted by Gasteiger charge is -2.17. The Morgan fingerprint density at radius 2 is 1.83 bits per heavy atom. The predicted molar refractivity (Wildman–Crippen MR) is 89.6 cm³/mol. The highest BCUT2D eigenvalue weighted by Crippen LogP contribution is 2.22. The monoisotopic (exact) mass is 343 g/mol. The molecule has 1 heterocycles. The van der Waals surface area contributed by atoms with Gasteiger partial charge in [0.15, 0.2) is 0 Å². The van der Waals surface area contributed by atoms with Crippen molar-refractivity contribution in [3.63, 3.8) is 0 Å². The Kier molecular flexibility index (Phi) is 4.46. The van der Waals surface area contributed by atoms with Gasteiger partial charge < -0.3 is 4.52 Å². The Labute approximate surface area is 140 Å². The topological polar surface area (TPSA) is 76.3 Å². The van der Waals surface area contributed by atoms with Gasteiger partial charge in [-0.05, 0) is 17.7 Å². The lowest BCUT2D eigenvalue weighted by Crippen LogP contribution is -2.26. The van der Waals surface area contributed by atoms with Gasteiger partial charge in [0.2, 0.25) is 21.7 Å². The zero-order chi connectivity index (χ0) is 17.2. The molecule has 0 radical (unpaired) electrons. The average molecular weight is 343 g/mol. The van der Waals surface area contributed by atoms with Crippen molar-refractivity contribution in [3.8, 4) is 11.4 Å². The summed E-state index contributed by atoms with van der Waals surface area (Å²) in [6.07, 6.45) is 0. The third-order valence-electron chi connectivity index (χ3n) is 3.58. The van der Waals surface area contributed by atoms with Crippen molar-refractivity contribution in [2.75, 3.05) is 7.05 Å². The van der Waals surface area contributed by atoms with Crippen molar-refractivity contribution in [2.45, 2.75) is 18.4 Å². The number of hydrogen-bond acceptors (Lipinski definition) is 5. The first-order valence-electron chi connectivity index (χ1n) is 7.38. The zero-order valence-corrected chi connectivity index (χ0v) is 14.2. The van der Waals surface area contributed by atoms with Gasteiger partial charge in [0, 0.05) is 26.1 Å². The van der Waals surface area contributed by atoms with Gasteiger partial charge in [-0.3, -0.25) is 0 Å². The predicted octanol–water partition coefficient (Wildman–Crippen LogP) is 2.87. The SMILES string of the molecule is Cc1nc(-c2cccc(S(=O)(=O)N(C)Cc3ccccc3)c2)no1. The van der Waals surface area contributed by atoms with Crippen molar-refractivity contribution < 1.29 is 12.9 Å². The fourth-order valence-electron chi connectivity index (χ4n) is 2.32. The van der Waals surface area contributed by atoms with Gasteiger partial charge in [0.05, 0.1) is 4.90 Å². The minimum absolute atomic E-state index is 0.195. The molecule has 1 aromatic heterocycles. The third kappa shape index (κ3) is 3.37. The summed E-state index contributed by atoms with van der Waals surface area (Å²) in [5.41, 5.74) is 1.52. The highest BCUT2D eigenvalue weighted by atomic mass is 32.2. The minimum Gasteiger partial charge on any atom is -0.339 e. The van der Waals surface area contributed by atoms with Crippen LogP contribution in [0.25, 0.3) is 11.4 Å². The van der Waals surface area contributed by atoms with Crippen LogP contribution in [0.2, 0.25) is 0 Å². The Bertz CT molecular complexity index is 936. The Morgan fingerprint density at radius 3 is 2.50 bits per heavy atom. The minimum atomic E-state index is -3.61. The van der Waals surface area contributed by atoms with Crippen molar-refractivity contribution in [3.05, 3.63) is 66.1 Å². The molecule has 7 heteroatoms. The number of rotatable bonds is 5. The summed E-state index contributed by atoms with van der Waals surface area (Å²) in [4.78, 5) is 4.33. The van der Waals surface area contributed by atoms with Crippen LogP contribution in [0.4, 0.5) is 0 Å². The van der Waals surface area contributed by atoms with E-state index in [1.165, 1.54) is 4.31 Å². The first kappa shape index (κ1) is 16.4. The van der Waals surface area contributed by atoms with E-state index in [0.29, 0.717) is 23.8 Å². The Morgan fingerprint density at radius 1 is 1.08 bits per heavy atom. The molecule has 0 spiro atoms. The largest absolute Gasteiger partial charge is 0.339 e. The maximum absolute atomic E-state index is 12.8. The number of aryl methyl sites for hydroxylation is 1. The van der Waals surface area contributed by atoms with Crippen LogP contribution >= 0.6 is 0 Å². The van der Waals surface area contributed by atoms with Gasteiger partial charge in [0.25, 0.3) is 0 Å². The lowest BCUT2D eigenvalue weighted by atomic mass is 10.2. The van der Waals surface area contributed by atoms with Crippen LogP contribution in [-0.4, -0.2) is 29.9 Å². The van der Waals surface area contributed by atoms with Crippen molar-refractivity contribution in [2.24, 2.45) is 0 Å². The van der Waals surface area contributed by atoms with Crippen LogP contribution in [0.3, 0.4) is 0 Å². The molecule has 0 fully saturated rings. The summed E-state index contributed by atoms with van der Waals surface area (Å²) in [6, 6.07) is 16.0. The van der Waals surface area contributed by atoms with E-state index in [2.05, 4.69) is 10.1 Å². The second kappa shape index (κ2) is 6.54. The molecule has 0 N–H and O–H groups in total. The highest BCUT2D eigenvalue weighted by Gasteiger charge is 2.22. The second-order valence-corrected chi connectivity index (χ2v) is 7.46. The van der Waals surface area contributed by atoms with Gasteiger partial charge >= 0.3 is 0 Å². The van der Waals surface area contributed by atoms with Gasteiger partial charge in [0.1, 0.15) is 0 Å². The van der Waals surface area contributed by atoms with Crippen LogP contribution in [0.15, 0.2) is 64.0 Å². The van der Waals surface area contributed by atoms with Gasteiger partial charge in [-0.15, -0.1) is 0 Å². The van der Waals surface area contributed by atoms with Crippen LogP contribution < -0.4 is 0 Å². The number of sulfonamides is 1. The summed E-state index contributed by atoms with van der Waals surface area (Å²) in [5.74, 6) is 0.801. The second-order valence-electron chi connectivity index (χ2n) is 5.41. The zero-order valence-electron chi connectivity index (χ0n) is 13.4. The van der Waals surface area contributed by atoms with E-state index in [9.17, 15) is 8.42 Å². The van der Waals surface area contributed by atoms with Crippen molar-refractivity contribution >= 4 is 10.0 Å². The van der Waals surface area contributed by atoms with E-state index in [0.717, 1.165) is 5.56 Å². The third-order valence-corrected chi connectivity index (χ3v) is 5.38. The van der Waals surface area contributed by atoms with Gasteiger partial charge in [-0.1, -0.05) is 47.6 Å². The Balaban J connectivity index is 1.89. The fraction of sp³-hybridized carbons (Fsp3) is 0.176. The number of hydrogen-bond donors (Lipinski definition) is 0. The van der Waals surface area contributed by atoms with E-state index in [1.807, 2.05) is 30.3 Å². The smallest absolute Gasteiger partial charge is 0.243 e. The number of benzene rings is 2. The maximum Gasteiger partial charge on any atom is 0.243 e. The fourth-order valence-corrected chi connectivity index (χ4v) is 3.52. The molecule has 3 rings (SSSR count). The van der Waals surface area contributed by atoms with Crippen LogP contribution in [0.5, 0.6) is 0 Å². The Hall–Kier alpha value is -2.51. The molecule has 0 aliphatic rings. The molecule has 0 amide bonds. The average Bonchev–Trinajstić information content (AvgIpc) is 3.02. The van der Waals surface area contributed by atoms with Gasteiger partial charge in [-0.2, -0.15) is 9.29 Å². The molecule has 0 unspecified atom stereocenters. The summed E-state index contributed by atoms with van der Waals surface area (Å²) in [6.45, 7) is 1.99. The molecule has 0 aliphatic heterocycles. The summed E-state index contributed by atoms with van der Waals surface area (Å²) in [7, 11) is -2.05. The van der Waals surface area contributed by atoms with E-state index >= 15 is 0 Å². The molecule has 0 saturated heterocycles. The molecule has 0 atom stereocenters. The molecule has 0 saturated carbocycles. The first-order valence-corrected chi connectivity index (χ1v) is 8.82. The molecule has 3 aromatic rings. The molecular weight excluding hydrogens is 326 g/mol. The molecule has 0 bridgehead atoms. The highest BCUT2D eigenvalue weighted by molar-refractivity contribution is 7.89. The standard InChI is InChI=1S/C17H17N3O3S/c1-13-18-17(19-23-13)15-9-6-10-16(11-15)24(21,22)20(2)12-14-7-4-3-5-8-14/h3-11H,12H2,1-2H3. The van der Waals surface area contributed by atoms with Gasteiger partial charge in [-0.25, -0.2) is 8.42 Å². The number of aromatic nitrogens is 2. The van der Waals surface area contributed by atoms with Crippen molar-refractivity contribution in [1.29, 1.82) is 0 Å². The van der Waals surface area contributed by atoms with E-state index in [4.69, 9.17) is 4.52 Å². The molecule has 6 nitrogen and oxygen atoms in total. The lowest BCUT2D eigenvalue weighted by molar-refractivity contribution is 0.394. The normalized spacial score (nSPS) is 11.8. The molecule has 2 aromatic carbocycles. The van der Waals surface area contributed by atoms with E-state index in [1.54, 1.807) is 38.2 Å². The summed E-state index contributed by atoms with van der Waals surface area (Å²) < 4.78 is 31.8. The maximum atomic E-state index is 12.8. The number of nitrogens with zero attached hydrogens (tertiary/aromatic N) is 3. The molecular formula is C17H17N3O3S. The summed E-state index contributed by atoms with van der Waals surface area (Å²) in [5, 5.41) is 3.83. The quantitative estimate of drug-likeness (QED) is 0.712. The van der Waals surface area contributed by atoms with E-state index < -0.39 is 10.0 Å². The van der Waals surface area contributed by atoms with E-state index in [-0.39, 0.29) is 4.90 Å². The molecule has 0 aliphatic carbocycles. The molecule has 124 valence electrons. The first-order chi connectivity index (χ1) is 11.5. The molecule has 24 heavy (non-hydrogen) atoms. The van der Waals surface area contributed by atoms with Crippen LogP contribution in [-0.2, 0) is 16.6 Å². The van der Waals surface area contributed by atoms with Crippen LogP contribution in [0.1, 0.15) is 11.5 Å². The van der Waals surface area contributed by atoms with Crippen LogP contribution in [0, 0.1) is 6.92 Å². The van der Waals surface area contributed by atoms with Crippen molar-refractivity contribution in [1.82, 2.24) is 14.4 Å². The summed E-state index contributed by atoms with van der Waals surface area (Å²) >= 11 is 0.